The first-order chi connectivity index (χ1) is 12.0. The number of methoxy groups -OCH3 is 1. The van der Waals surface area contributed by atoms with Gasteiger partial charge >= 0.3 is 0 Å². The van der Waals surface area contributed by atoms with E-state index in [1.54, 1.807) is 19.2 Å². The molecule has 1 fully saturated rings. The van der Waals surface area contributed by atoms with E-state index >= 15 is 0 Å². The molecule has 136 valence electrons. The summed E-state index contributed by atoms with van der Waals surface area (Å²) in [4.78, 5) is 16.5. The van der Waals surface area contributed by atoms with Crippen LogP contribution in [-0.2, 0) is 14.6 Å². The minimum absolute atomic E-state index is 0.0182. The van der Waals surface area contributed by atoms with Gasteiger partial charge in [0.2, 0.25) is 0 Å². The van der Waals surface area contributed by atoms with Crippen LogP contribution in [0.4, 0.5) is 5.69 Å². The van der Waals surface area contributed by atoms with Crippen molar-refractivity contribution in [2.45, 2.75) is 17.7 Å². The van der Waals surface area contributed by atoms with Crippen LogP contribution >= 0.6 is 11.8 Å². The minimum Gasteiger partial charge on any atom is -0.385 e. The molecule has 2 heterocycles. The van der Waals surface area contributed by atoms with Gasteiger partial charge in [0.05, 0.1) is 17.5 Å². The first-order valence-electron chi connectivity index (χ1n) is 8.06. The van der Waals surface area contributed by atoms with Gasteiger partial charge in [-0.1, -0.05) is 11.8 Å². The van der Waals surface area contributed by atoms with Gasteiger partial charge in [-0.2, -0.15) is 0 Å². The number of sulfone groups is 1. The van der Waals surface area contributed by atoms with Crippen LogP contribution in [0.3, 0.4) is 0 Å². The summed E-state index contributed by atoms with van der Waals surface area (Å²) in [5, 5.41) is 6.79. The lowest BCUT2D eigenvalue weighted by Crippen LogP contribution is -2.25. The Hall–Kier alpha value is -1.58. The van der Waals surface area contributed by atoms with Crippen LogP contribution < -0.4 is 10.6 Å². The number of hydrogen-bond acceptors (Lipinski definition) is 7. The summed E-state index contributed by atoms with van der Waals surface area (Å²) in [6, 6.07) is 6.99. The van der Waals surface area contributed by atoms with Crippen LogP contribution in [0.2, 0.25) is 0 Å². The average molecular weight is 383 g/mol. The predicted octanol–water partition coefficient (Wildman–Crippen LogP) is 1.13. The Kier molecular flexibility index (Phi) is 5.65. The molecule has 1 saturated heterocycles. The maximum Gasteiger partial charge on any atom is 0.251 e. The number of carbonyl (C=O) groups is 1. The van der Waals surface area contributed by atoms with Crippen molar-refractivity contribution >= 4 is 38.4 Å². The molecule has 0 unspecified atom stereocenters. The maximum absolute atomic E-state index is 12.0. The lowest BCUT2D eigenvalue weighted by atomic mass is 10.2. The van der Waals surface area contributed by atoms with Crippen molar-refractivity contribution in [1.82, 2.24) is 5.32 Å². The Morgan fingerprint density at radius 3 is 2.76 bits per heavy atom. The van der Waals surface area contributed by atoms with Crippen LogP contribution in [0.25, 0.3) is 0 Å². The SMILES string of the molecule is COCCCNC(=O)c1ccc(NC2=N[C@@H]3CS(=O)(=O)C[C@@H]3S2)cc1. The summed E-state index contributed by atoms with van der Waals surface area (Å²) in [7, 11) is -1.30. The van der Waals surface area contributed by atoms with E-state index in [-0.39, 0.29) is 28.7 Å². The molecule has 0 aromatic heterocycles. The molecule has 0 saturated carbocycles. The first kappa shape index (κ1) is 18.2. The molecule has 0 bridgehead atoms. The van der Waals surface area contributed by atoms with Gasteiger partial charge < -0.3 is 15.4 Å². The number of thioether (sulfide) groups is 1. The fraction of sp³-hybridized carbons (Fsp3) is 0.500. The molecule has 3 rings (SSSR count). The second kappa shape index (κ2) is 7.76. The van der Waals surface area contributed by atoms with Crippen LogP contribution in [0.5, 0.6) is 0 Å². The fourth-order valence-electron chi connectivity index (χ4n) is 2.76. The molecule has 1 aromatic carbocycles. The first-order valence-corrected chi connectivity index (χ1v) is 10.8. The van der Waals surface area contributed by atoms with Crippen molar-refractivity contribution in [3.05, 3.63) is 29.8 Å². The number of rotatable bonds is 6. The largest absolute Gasteiger partial charge is 0.385 e. The third-order valence-electron chi connectivity index (χ3n) is 4.03. The van der Waals surface area contributed by atoms with Crippen molar-refractivity contribution in [3.63, 3.8) is 0 Å². The Morgan fingerprint density at radius 2 is 2.08 bits per heavy atom. The average Bonchev–Trinajstić information content (AvgIpc) is 3.04. The van der Waals surface area contributed by atoms with Crippen LogP contribution in [-0.4, -0.2) is 62.6 Å². The molecule has 2 aliphatic rings. The number of nitrogens with zero attached hydrogens (tertiary/aromatic N) is 1. The molecular formula is C16H21N3O4S2. The number of ether oxygens (including phenoxy) is 1. The number of anilines is 1. The fourth-order valence-corrected chi connectivity index (χ4v) is 6.44. The summed E-state index contributed by atoms with van der Waals surface area (Å²) in [6.07, 6.45) is 0.775. The lowest BCUT2D eigenvalue weighted by molar-refractivity contribution is 0.0948. The molecule has 1 amide bonds. The standard InChI is InChI=1S/C16H21N3O4S2/c1-23-8-2-7-17-15(20)11-3-5-12(6-4-11)18-16-19-13-9-25(21,22)10-14(13)24-16/h3-6,13-14H,2,7-10H2,1H3,(H,17,20)(H,18,19)/t13-,14+/m1/s1. The van der Waals surface area contributed by atoms with E-state index in [0.717, 1.165) is 17.3 Å². The molecule has 7 nitrogen and oxygen atoms in total. The zero-order valence-electron chi connectivity index (χ0n) is 13.9. The van der Waals surface area contributed by atoms with Crippen molar-refractivity contribution in [1.29, 1.82) is 0 Å². The number of carbonyl (C=O) groups excluding carboxylic acids is 1. The molecule has 25 heavy (non-hydrogen) atoms. The highest BCUT2D eigenvalue weighted by molar-refractivity contribution is 8.15. The second-order valence-electron chi connectivity index (χ2n) is 6.04. The maximum atomic E-state index is 12.0. The Bertz CT molecular complexity index is 762. The Balaban J connectivity index is 1.52. The van der Waals surface area contributed by atoms with E-state index in [9.17, 15) is 13.2 Å². The van der Waals surface area contributed by atoms with E-state index in [2.05, 4.69) is 15.6 Å². The number of hydrogen-bond donors (Lipinski definition) is 2. The number of nitrogens with one attached hydrogen (secondary N) is 2. The number of amidine groups is 1. The van der Waals surface area contributed by atoms with Crippen molar-refractivity contribution in [3.8, 4) is 0 Å². The highest BCUT2D eigenvalue weighted by atomic mass is 32.2. The molecule has 0 radical (unpaired) electrons. The van der Waals surface area contributed by atoms with Gasteiger partial charge in [-0.05, 0) is 30.7 Å². The van der Waals surface area contributed by atoms with Crippen LogP contribution in [0.1, 0.15) is 16.8 Å². The molecule has 9 heteroatoms. The van der Waals surface area contributed by atoms with Gasteiger partial charge in [-0.3, -0.25) is 9.79 Å². The Labute approximate surface area is 151 Å². The highest BCUT2D eigenvalue weighted by Crippen LogP contribution is 2.34. The topological polar surface area (TPSA) is 96.9 Å². The number of fused-ring (bicyclic) bond motifs is 1. The molecule has 0 spiro atoms. The van der Waals surface area contributed by atoms with Crippen molar-refractivity contribution in [2.75, 3.05) is 37.1 Å². The number of aliphatic imine (C=N–C) groups is 1. The number of benzene rings is 1. The van der Waals surface area contributed by atoms with Crippen LogP contribution in [0, 0.1) is 0 Å². The van der Waals surface area contributed by atoms with Gasteiger partial charge in [0.15, 0.2) is 15.0 Å². The number of amides is 1. The van der Waals surface area contributed by atoms with Crippen molar-refractivity contribution in [2.24, 2.45) is 4.99 Å². The van der Waals surface area contributed by atoms with Crippen molar-refractivity contribution < 1.29 is 17.9 Å². The minimum atomic E-state index is -2.94. The summed E-state index contributed by atoms with van der Waals surface area (Å²) in [6.45, 7) is 1.19. The summed E-state index contributed by atoms with van der Waals surface area (Å²) < 4.78 is 28.1. The molecule has 2 atom stereocenters. The zero-order valence-corrected chi connectivity index (χ0v) is 15.5. The van der Waals surface area contributed by atoms with Gasteiger partial charge in [0.1, 0.15) is 0 Å². The predicted molar refractivity (Wildman–Crippen MR) is 100 cm³/mol. The molecular weight excluding hydrogens is 362 g/mol. The van der Waals surface area contributed by atoms with Gasteiger partial charge in [-0.15, -0.1) is 0 Å². The lowest BCUT2D eigenvalue weighted by Gasteiger charge is -2.08. The van der Waals surface area contributed by atoms with Crippen LogP contribution in [0.15, 0.2) is 29.3 Å². The van der Waals surface area contributed by atoms with Gasteiger partial charge in [0.25, 0.3) is 5.91 Å². The quantitative estimate of drug-likeness (QED) is 0.715. The monoisotopic (exact) mass is 383 g/mol. The highest BCUT2D eigenvalue weighted by Gasteiger charge is 2.42. The third kappa shape index (κ3) is 4.74. The van der Waals surface area contributed by atoms with E-state index < -0.39 is 9.84 Å². The van der Waals surface area contributed by atoms with E-state index in [4.69, 9.17) is 4.74 Å². The normalized spacial score (nSPS) is 23.8. The van der Waals surface area contributed by atoms with E-state index in [1.165, 1.54) is 11.8 Å². The second-order valence-corrected chi connectivity index (χ2v) is 9.42. The van der Waals surface area contributed by atoms with Gasteiger partial charge in [0, 0.05) is 36.8 Å². The summed E-state index contributed by atoms with van der Waals surface area (Å²) in [5.41, 5.74) is 1.41. The molecule has 0 aliphatic carbocycles. The van der Waals surface area contributed by atoms with E-state index in [1.807, 2.05) is 12.1 Å². The smallest absolute Gasteiger partial charge is 0.251 e. The molecule has 1 aromatic rings. The van der Waals surface area contributed by atoms with E-state index in [0.29, 0.717) is 18.7 Å². The Morgan fingerprint density at radius 1 is 1.32 bits per heavy atom. The zero-order chi connectivity index (χ0) is 17.9. The molecule has 2 N–H and O–H groups in total. The summed E-state index contributed by atoms with van der Waals surface area (Å²) >= 11 is 1.47. The summed E-state index contributed by atoms with van der Waals surface area (Å²) in [5.74, 6) is 0.215. The molecule has 2 aliphatic heterocycles. The third-order valence-corrected chi connectivity index (χ3v) is 7.17. The van der Waals surface area contributed by atoms with Gasteiger partial charge in [-0.25, -0.2) is 8.42 Å².